The van der Waals surface area contributed by atoms with E-state index in [-0.39, 0.29) is 0 Å². The molecule has 1 saturated carbocycles. The lowest BCUT2D eigenvalue weighted by atomic mass is 9.79. The van der Waals surface area contributed by atoms with Crippen LogP contribution in [-0.2, 0) is 0 Å². The fraction of sp³-hybridized carbons (Fsp3) is 0.417. The highest BCUT2D eigenvalue weighted by Gasteiger charge is 2.20. The van der Waals surface area contributed by atoms with E-state index in [9.17, 15) is 0 Å². The van der Waals surface area contributed by atoms with Crippen LogP contribution in [0.1, 0.15) is 61.6 Å². The Bertz CT molecular complexity index is 707. The second-order valence-corrected chi connectivity index (χ2v) is 7.10. The summed E-state index contributed by atoms with van der Waals surface area (Å²) in [7, 11) is 0. The van der Waals surface area contributed by atoms with Crippen molar-refractivity contribution < 1.29 is 4.74 Å². The standard InChI is InChI=1S/C24H28O/c1-3-18-25-24-16-10-21(11-17-24)7-6-20-8-14-23(15-9-20)22-12-4-19(2)5-13-22/h4-5,10-13,16-17,20,23H,3,8-9,14-15,18H2,1-2H3. The smallest absolute Gasteiger partial charge is 0.119 e. The highest BCUT2D eigenvalue weighted by molar-refractivity contribution is 5.38. The molecule has 0 atom stereocenters. The molecule has 0 spiro atoms. The fourth-order valence-electron chi connectivity index (χ4n) is 3.45. The maximum absolute atomic E-state index is 5.62. The summed E-state index contributed by atoms with van der Waals surface area (Å²) in [6.45, 7) is 5.04. The van der Waals surface area contributed by atoms with Crippen molar-refractivity contribution in [3.63, 3.8) is 0 Å². The molecular formula is C24H28O. The monoisotopic (exact) mass is 332 g/mol. The summed E-state index contributed by atoms with van der Waals surface area (Å²) in [5.41, 5.74) is 3.93. The Morgan fingerprint density at radius 3 is 2.24 bits per heavy atom. The van der Waals surface area contributed by atoms with Gasteiger partial charge in [-0.3, -0.25) is 0 Å². The molecule has 1 aliphatic carbocycles. The number of hydrogen-bond acceptors (Lipinski definition) is 1. The third-order valence-corrected chi connectivity index (χ3v) is 5.02. The number of rotatable bonds is 4. The van der Waals surface area contributed by atoms with Crippen molar-refractivity contribution in [1.29, 1.82) is 0 Å². The van der Waals surface area contributed by atoms with E-state index in [1.165, 1.54) is 36.8 Å². The maximum atomic E-state index is 5.62. The largest absolute Gasteiger partial charge is 0.494 e. The van der Waals surface area contributed by atoms with E-state index in [1.807, 2.05) is 12.1 Å². The van der Waals surface area contributed by atoms with Gasteiger partial charge in [-0.1, -0.05) is 48.6 Å². The van der Waals surface area contributed by atoms with Gasteiger partial charge in [0.1, 0.15) is 5.75 Å². The molecule has 0 bridgehead atoms. The van der Waals surface area contributed by atoms with E-state index in [1.54, 1.807) is 0 Å². The average Bonchev–Trinajstić information content (AvgIpc) is 2.67. The van der Waals surface area contributed by atoms with E-state index in [2.05, 4.69) is 62.1 Å². The topological polar surface area (TPSA) is 9.23 Å². The lowest BCUT2D eigenvalue weighted by Gasteiger charge is -2.26. The van der Waals surface area contributed by atoms with Gasteiger partial charge in [-0.2, -0.15) is 0 Å². The Kier molecular flexibility index (Phi) is 6.18. The predicted octanol–water partition coefficient (Wildman–Crippen LogP) is 6.11. The Morgan fingerprint density at radius 2 is 1.60 bits per heavy atom. The van der Waals surface area contributed by atoms with Crippen LogP contribution < -0.4 is 4.74 Å². The molecule has 0 saturated heterocycles. The zero-order valence-electron chi connectivity index (χ0n) is 15.4. The van der Waals surface area contributed by atoms with Crippen LogP contribution in [-0.4, -0.2) is 6.61 Å². The van der Waals surface area contributed by atoms with Crippen molar-refractivity contribution in [3.05, 3.63) is 65.2 Å². The molecule has 0 unspecified atom stereocenters. The number of aryl methyl sites for hydroxylation is 1. The highest BCUT2D eigenvalue weighted by Crippen LogP contribution is 2.35. The molecule has 3 rings (SSSR count). The fourth-order valence-corrected chi connectivity index (χ4v) is 3.45. The van der Waals surface area contributed by atoms with Gasteiger partial charge in [-0.15, -0.1) is 0 Å². The highest BCUT2D eigenvalue weighted by atomic mass is 16.5. The van der Waals surface area contributed by atoms with Gasteiger partial charge in [0.05, 0.1) is 6.61 Å². The lowest BCUT2D eigenvalue weighted by molar-refractivity contribution is 0.317. The van der Waals surface area contributed by atoms with Gasteiger partial charge in [0, 0.05) is 11.5 Å². The Balaban J connectivity index is 1.52. The minimum absolute atomic E-state index is 0.540. The molecule has 0 aliphatic heterocycles. The van der Waals surface area contributed by atoms with Crippen LogP contribution in [0.15, 0.2) is 48.5 Å². The summed E-state index contributed by atoms with van der Waals surface area (Å²) in [5.74, 6) is 9.04. The SMILES string of the molecule is CCCOc1ccc(C#CC2CCC(c3ccc(C)cc3)CC2)cc1. The summed E-state index contributed by atoms with van der Waals surface area (Å²) in [6.07, 6.45) is 5.97. The molecule has 0 aromatic heterocycles. The van der Waals surface area contributed by atoms with Crippen molar-refractivity contribution in [2.45, 2.75) is 51.9 Å². The summed E-state index contributed by atoms with van der Waals surface area (Å²) in [4.78, 5) is 0. The van der Waals surface area contributed by atoms with Crippen LogP contribution in [0.25, 0.3) is 0 Å². The number of ether oxygens (including phenoxy) is 1. The van der Waals surface area contributed by atoms with Crippen LogP contribution in [0, 0.1) is 24.7 Å². The molecule has 0 heterocycles. The minimum Gasteiger partial charge on any atom is -0.494 e. The average molecular weight is 332 g/mol. The molecule has 1 nitrogen and oxygen atoms in total. The van der Waals surface area contributed by atoms with Crippen molar-refractivity contribution in [3.8, 4) is 17.6 Å². The Hall–Kier alpha value is -2.20. The zero-order chi connectivity index (χ0) is 17.5. The molecule has 25 heavy (non-hydrogen) atoms. The van der Waals surface area contributed by atoms with Gasteiger partial charge in [0.2, 0.25) is 0 Å². The van der Waals surface area contributed by atoms with Crippen LogP contribution in [0.4, 0.5) is 0 Å². The van der Waals surface area contributed by atoms with Gasteiger partial charge >= 0.3 is 0 Å². The summed E-state index contributed by atoms with van der Waals surface area (Å²) in [5, 5.41) is 0. The quantitative estimate of drug-likeness (QED) is 0.614. The van der Waals surface area contributed by atoms with Gasteiger partial charge in [-0.25, -0.2) is 0 Å². The summed E-state index contributed by atoms with van der Waals surface area (Å²) < 4.78 is 5.62. The first-order valence-electron chi connectivity index (χ1n) is 9.55. The van der Waals surface area contributed by atoms with Crippen LogP contribution >= 0.6 is 0 Å². The molecule has 1 heteroatoms. The maximum Gasteiger partial charge on any atom is 0.119 e. The minimum atomic E-state index is 0.540. The Morgan fingerprint density at radius 1 is 0.920 bits per heavy atom. The van der Waals surface area contributed by atoms with Crippen LogP contribution in [0.5, 0.6) is 5.75 Å². The van der Waals surface area contributed by atoms with Gasteiger partial charge in [-0.05, 0) is 74.8 Å². The molecule has 0 radical (unpaired) electrons. The van der Waals surface area contributed by atoms with Gasteiger partial charge in [0.25, 0.3) is 0 Å². The van der Waals surface area contributed by atoms with E-state index in [4.69, 9.17) is 4.74 Å². The molecule has 0 N–H and O–H groups in total. The third-order valence-electron chi connectivity index (χ3n) is 5.02. The van der Waals surface area contributed by atoms with Crippen molar-refractivity contribution in [2.24, 2.45) is 5.92 Å². The first-order chi connectivity index (χ1) is 12.2. The molecule has 1 fully saturated rings. The van der Waals surface area contributed by atoms with Crippen LogP contribution in [0.2, 0.25) is 0 Å². The first kappa shape index (κ1) is 17.6. The van der Waals surface area contributed by atoms with Crippen molar-refractivity contribution in [1.82, 2.24) is 0 Å². The summed E-state index contributed by atoms with van der Waals surface area (Å²) in [6, 6.07) is 17.2. The first-order valence-corrected chi connectivity index (χ1v) is 9.55. The van der Waals surface area contributed by atoms with E-state index < -0.39 is 0 Å². The van der Waals surface area contributed by atoms with Crippen LogP contribution in [0.3, 0.4) is 0 Å². The molecule has 2 aromatic carbocycles. The third kappa shape index (κ3) is 5.13. The van der Waals surface area contributed by atoms with E-state index >= 15 is 0 Å². The Labute approximate surface area is 152 Å². The predicted molar refractivity (Wildman–Crippen MR) is 105 cm³/mol. The molecular weight excluding hydrogens is 304 g/mol. The second kappa shape index (κ2) is 8.77. The zero-order valence-corrected chi connectivity index (χ0v) is 15.4. The molecule has 0 amide bonds. The second-order valence-electron chi connectivity index (χ2n) is 7.10. The number of benzene rings is 2. The summed E-state index contributed by atoms with van der Waals surface area (Å²) >= 11 is 0. The molecule has 2 aromatic rings. The molecule has 130 valence electrons. The molecule has 1 aliphatic rings. The van der Waals surface area contributed by atoms with Crippen molar-refractivity contribution in [2.75, 3.05) is 6.61 Å². The van der Waals surface area contributed by atoms with Crippen molar-refractivity contribution >= 4 is 0 Å². The van der Waals surface area contributed by atoms with Gasteiger partial charge < -0.3 is 4.74 Å². The van der Waals surface area contributed by atoms with Gasteiger partial charge in [0.15, 0.2) is 0 Å². The van der Waals surface area contributed by atoms with E-state index in [0.29, 0.717) is 11.8 Å². The van der Waals surface area contributed by atoms with E-state index in [0.717, 1.165) is 24.3 Å². The lowest BCUT2D eigenvalue weighted by Crippen LogP contribution is -2.12. The normalized spacial score (nSPS) is 19.8. The number of hydrogen-bond donors (Lipinski definition) is 0.